The topological polar surface area (TPSA) is 29.0 Å². The molecule has 1 aliphatic rings. The lowest BCUT2D eigenvalue weighted by Gasteiger charge is -2.32. The molecule has 0 radical (unpaired) electrons. The van der Waals surface area contributed by atoms with Crippen molar-refractivity contribution in [1.82, 2.24) is 14.9 Å². The predicted octanol–water partition coefficient (Wildman–Crippen LogP) is 3.16. The van der Waals surface area contributed by atoms with Crippen molar-refractivity contribution in [2.24, 2.45) is 0 Å². The summed E-state index contributed by atoms with van der Waals surface area (Å²) in [5.41, 5.74) is 3.95. The van der Waals surface area contributed by atoms with Gasteiger partial charge in [-0.05, 0) is 74.2 Å². The maximum Gasteiger partial charge on any atom is 0.0375 e. The van der Waals surface area contributed by atoms with Crippen LogP contribution in [0, 0.1) is 6.92 Å². The monoisotopic (exact) mass is 267 g/mol. The van der Waals surface area contributed by atoms with Gasteiger partial charge in [-0.1, -0.05) is 0 Å². The molecule has 0 N–H and O–H groups in total. The highest BCUT2D eigenvalue weighted by molar-refractivity contribution is 5.20. The Labute approximate surface area is 120 Å². The van der Waals surface area contributed by atoms with Crippen molar-refractivity contribution in [3.63, 3.8) is 0 Å². The molecule has 0 unspecified atom stereocenters. The SMILES string of the molecule is Cc1cc(C2CCN(Cc3ccncc3)CC2)ccn1. The van der Waals surface area contributed by atoms with E-state index in [4.69, 9.17) is 0 Å². The maximum absolute atomic E-state index is 4.29. The Morgan fingerprint density at radius 3 is 2.55 bits per heavy atom. The zero-order chi connectivity index (χ0) is 13.8. The van der Waals surface area contributed by atoms with E-state index in [2.05, 4.69) is 46.1 Å². The van der Waals surface area contributed by atoms with Gasteiger partial charge in [0, 0.05) is 30.8 Å². The van der Waals surface area contributed by atoms with Crippen molar-refractivity contribution in [3.8, 4) is 0 Å². The third kappa shape index (κ3) is 3.23. The minimum absolute atomic E-state index is 0.699. The van der Waals surface area contributed by atoms with Crippen molar-refractivity contribution in [3.05, 3.63) is 59.7 Å². The van der Waals surface area contributed by atoms with Crippen LogP contribution in [0.2, 0.25) is 0 Å². The number of likely N-dealkylation sites (tertiary alicyclic amines) is 1. The van der Waals surface area contributed by atoms with Crippen molar-refractivity contribution in [2.75, 3.05) is 13.1 Å². The van der Waals surface area contributed by atoms with Gasteiger partial charge in [-0.25, -0.2) is 0 Å². The minimum Gasteiger partial charge on any atom is -0.299 e. The Hall–Kier alpha value is -1.74. The highest BCUT2D eigenvalue weighted by atomic mass is 15.1. The van der Waals surface area contributed by atoms with E-state index in [1.165, 1.54) is 37.1 Å². The largest absolute Gasteiger partial charge is 0.299 e. The summed E-state index contributed by atoms with van der Waals surface area (Å²) in [4.78, 5) is 10.9. The number of rotatable bonds is 3. The quantitative estimate of drug-likeness (QED) is 0.855. The molecule has 104 valence electrons. The van der Waals surface area contributed by atoms with Gasteiger partial charge in [0.05, 0.1) is 0 Å². The molecule has 3 nitrogen and oxygen atoms in total. The smallest absolute Gasteiger partial charge is 0.0375 e. The van der Waals surface area contributed by atoms with Crippen LogP contribution >= 0.6 is 0 Å². The lowest BCUT2D eigenvalue weighted by molar-refractivity contribution is 0.204. The van der Waals surface area contributed by atoms with Gasteiger partial charge >= 0.3 is 0 Å². The molecular weight excluding hydrogens is 246 g/mol. The predicted molar refractivity (Wildman–Crippen MR) is 80.5 cm³/mol. The fourth-order valence-corrected chi connectivity index (χ4v) is 2.99. The molecule has 2 aromatic rings. The summed E-state index contributed by atoms with van der Waals surface area (Å²) in [5.74, 6) is 0.699. The molecule has 0 aromatic carbocycles. The van der Waals surface area contributed by atoms with Crippen LogP contribution in [0.3, 0.4) is 0 Å². The first kappa shape index (κ1) is 13.3. The average Bonchev–Trinajstić information content (AvgIpc) is 2.49. The summed E-state index contributed by atoms with van der Waals surface area (Å²) in [6, 6.07) is 8.63. The highest BCUT2D eigenvalue weighted by Crippen LogP contribution is 2.28. The molecule has 3 heteroatoms. The van der Waals surface area contributed by atoms with Crippen LogP contribution < -0.4 is 0 Å². The van der Waals surface area contributed by atoms with Gasteiger partial charge in [0.25, 0.3) is 0 Å². The Morgan fingerprint density at radius 2 is 1.85 bits per heavy atom. The van der Waals surface area contributed by atoms with E-state index in [-0.39, 0.29) is 0 Å². The van der Waals surface area contributed by atoms with Crippen LogP contribution in [0.5, 0.6) is 0 Å². The van der Waals surface area contributed by atoms with Crippen LogP contribution in [0.1, 0.15) is 35.6 Å². The highest BCUT2D eigenvalue weighted by Gasteiger charge is 2.20. The van der Waals surface area contributed by atoms with Crippen LogP contribution in [-0.2, 0) is 6.54 Å². The van der Waals surface area contributed by atoms with Gasteiger partial charge in [0.15, 0.2) is 0 Å². The summed E-state index contributed by atoms with van der Waals surface area (Å²) in [6.07, 6.45) is 8.18. The molecular formula is C17H21N3. The van der Waals surface area contributed by atoms with Gasteiger partial charge in [-0.15, -0.1) is 0 Å². The second-order valence-corrected chi connectivity index (χ2v) is 5.64. The molecule has 0 bridgehead atoms. The minimum atomic E-state index is 0.699. The van der Waals surface area contributed by atoms with Gasteiger partial charge in [-0.3, -0.25) is 14.9 Å². The van der Waals surface area contributed by atoms with E-state index in [1.54, 1.807) is 0 Å². The third-order valence-electron chi connectivity index (χ3n) is 4.14. The van der Waals surface area contributed by atoms with Crippen molar-refractivity contribution >= 4 is 0 Å². The Balaban J connectivity index is 1.57. The second kappa shape index (κ2) is 6.14. The summed E-state index contributed by atoms with van der Waals surface area (Å²) < 4.78 is 0. The van der Waals surface area contributed by atoms with E-state index in [0.29, 0.717) is 5.92 Å². The molecule has 20 heavy (non-hydrogen) atoms. The van der Waals surface area contributed by atoms with Crippen molar-refractivity contribution in [2.45, 2.75) is 32.2 Å². The lowest BCUT2D eigenvalue weighted by Crippen LogP contribution is -2.32. The third-order valence-corrected chi connectivity index (χ3v) is 4.14. The standard InChI is InChI=1S/C17H21N3/c1-14-12-17(4-9-19-14)16-5-10-20(11-6-16)13-15-2-7-18-8-3-15/h2-4,7-9,12,16H,5-6,10-11,13H2,1H3. The van der Waals surface area contributed by atoms with Crippen LogP contribution in [-0.4, -0.2) is 28.0 Å². The normalized spacial score (nSPS) is 17.2. The number of nitrogens with zero attached hydrogens (tertiary/aromatic N) is 3. The first-order valence-corrected chi connectivity index (χ1v) is 7.35. The molecule has 1 fully saturated rings. The Bertz CT molecular complexity index is 545. The number of aromatic nitrogens is 2. The van der Waals surface area contributed by atoms with E-state index >= 15 is 0 Å². The molecule has 1 aliphatic heterocycles. The van der Waals surface area contributed by atoms with Crippen LogP contribution in [0.15, 0.2) is 42.9 Å². The summed E-state index contributed by atoms with van der Waals surface area (Å²) in [7, 11) is 0. The van der Waals surface area contributed by atoms with E-state index in [9.17, 15) is 0 Å². The Kier molecular flexibility index (Phi) is 4.07. The number of hydrogen-bond acceptors (Lipinski definition) is 3. The van der Waals surface area contributed by atoms with Gasteiger partial charge < -0.3 is 0 Å². The maximum atomic E-state index is 4.29. The molecule has 0 aliphatic carbocycles. The number of piperidine rings is 1. The summed E-state index contributed by atoms with van der Waals surface area (Å²) in [6.45, 7) is 5.47. The van der Waals surface area contributed by atoms with E-state index in [1.807, 2.05) is 18.6 Å². The van der Waals surface area contributed by atoms with E-state index < -0.39 is 0 Å². The van der Waals surface area contributed by atoms with E-state index in [0.717, 1.165) is 12.2 Å². The average molecular weight is 267 g/mol. The molecule has 0 spiro atoms. The molecule has 0 saturated carbocycles. The lowest BCUT2D eigenvalue weighted by atomic mass is 9.89. The van der Waals surface area contributed by atoms with Crippen molar-refractivity contribution in [1.29, 1.82) is 0 Å². The number of pyridine rings is 2. The van der Waals surface area contributed by atoms with Crippen molar-refractivity contribution < 1.29 is 0 Å². The van der Waals surface area contributed by atoms with Crippen LogP contribution in [0.25, 0.3) is 0 Å². The molecule has 3 rings (SSSR count). The zero-order valence-electron chi connectivity index (χ0n) is 12.0. The summed E-state index contributed by atoms with van der Waals surface area (Å²) >= 11 is 0. The first-order chi connectivity index (χ1) is 9.81. The van der Waals surface area contributed by atoms with Gasteiger partial charge in [0.1, 0.15) is 0 Å². The second-order valence-electron chi connectivity index (χ2n) is 5.64. The summed E-state index contributed by atoms with van der Waals surface area (Å²) in [5, 5.41) is 0. The molecule has 2 aromatic heterocycles. The van der Waals surface area contributed by atoms with Gasteiger partial charge in [-0.2, -0.15) is 0 Å². The molecule has 1 saturated heterocycles. The van der Waals surface area contributed by atoms with Gasteiger partial charge in [0.2, 0.25) is 0 Å². The molecule has 0 amide bonds. The fourth-order valence-electron chi connectivity index (χ4n) is 2.99. The molecule has 0 atom stereocenters. The number of aryl methyl sites for hydroxylation is 1. The Morgan fingerprint density at radius 1 is 1.10 bits per heavy atom. The van der Waals surface area contributed by atoms with Crippen LogP contribution in [0.4, 0.5) is 0 Å². The molecule has 3 heterocycles. The number of hydrogen-bond donors (Lipinski definition) is 0. The zero-order valence-corrected chi connectivity index (χ0v) is 12.0. The fraction of sp³-hybridized carbons (Fsp3) is 0.412. The first-order valence-electron chi connectivity index (χ1n) is 7.35.